The fraction of sp³-hybridized carbons (Fsp3) is 0.571. The number of allylic oxidation sites excluding steroid dienone is 2. The van der Waals surface area contributed by atoms with E-state index >= 15 is 0 Å². The van der Waals surface area contributed by atoms with Crippen LogP contribution >= 0.6 is 0 Å². The normalized spacial score (nSPS) is 19.9. The van der Waals surface area contributed by atoms with Crippen LogP contribution in [0.4, 0.5) is 0 Å². The van der Waals surface area contributed by atoms with Gasteiger partial charge < -0.3 is 14.2 Å². The topological polar surface area (TPSA) is 44.8 Å². The molecule has 0 amide bonds. The van der Waals surface area contributed by atoms with E-state index in [-0.39, 0.29) is 18.0 Å². The SMILES string of the molecule is COCOc1cc(C)cc(OC)c1C(=O)C[C@@]1(C)C=C(C(C)C)CC1. The monoisotopic (exact) mass is 346 g/mol. The first kappa shape index (κ1) is 19.5. The third-order valence-electron chi connectivity index (χ3n) is 4.87. The maximum absolute atomic E-state index is 13.1. The Labute approximate surface area is 151 Å². The van der Waals surface area contributed by atoms with Gasteiger partial charge in [0.05, 0.1) is 7.11 Å². The second-order valence-corrected chi connectivity index (χ2v) is 7.52. The third-order valence-corrected chi connectivity index (χ3v) is 4.87. The van der Waals surface area contributed by atoms with Crippen LogP contribution in [0, 0.1) is 18.3 Å². The molecular weight excluding hydrogens is 316 g/mol. The molecule has 0 bridgehead atoms. The number of methoxy groups -OCH3 is 2. The van der Waals surface area contributed by atoms with Crippen LogP contribution in [-0.4, -0.2) is 26.8 Å². The number of ketones is 1. The molecule has 0 fully saturated rings. The summed E-state index contributed by atoms with van der Waals surface area (Å²) in [4.78, 5) is 13.1. The molecular formula is C21H30O4. The number of carbonyl (C=O) groups excluding carboxylic acids is 1. The van der Waals surface area contributed by atoms with Crippen molar-refractivity contribution in [2.75, 3.05) is 21.0 Å². The first-order valence-corrected chi connectivity index (χ1v) is 8.85. The molecule has 0 aromatic heterocycles. The van der Waals surface area contributed by atoms with Crippen LogP contribution in [0.15, 0.2) is 23.8 Å². The van der Waals surface area contributed by atoms with Gasteiger partial charge in [-0.1, -0.05) is 32.4 Å². The lowest BCUT2D eigenvalue weighted by Gasteiger charge is -2.22. The number of benzene rings is 1. The Kier molecular flexibility index (Phi) is 6.28. The molecule has 0 N–H and O–H groups in total. The Morgan fingerprint density at radius 3 is 2.48 bits per heavy atom. The molecule has 0 aliphatic heterocycles. The van der Waals surface area contributed by atoms with Gasteiger partial charge in [0.15, 0.2) is 12.6 Å². The number of hydrogen-bond acceptors (Lipinski definition) is 4. The molecule has 0 radical (unpaired) electrons. The van der Waals surface area contributed by atoms with Crippen molar-refractivity contribution in [3.63, 3.8) is 0 Å². The summed E-state index contributed by atoms with van der Waals surface area (Å²) in [5.41, 5.74) is 2.83. The summed E-state index contributed by atoms with van der Waals surface area (Å²) in [5, 5.41) is 0. The van der Waals surface area contributed by atoms with Crippen molar-refractivity contribution in [3.8, 4) is 11.5 Å². The first-order valence-electron chi connectivity index (χ1n) is 8.85. The van der Waals surface area contributed by atoms with Crippen molar-refractivity contribution >= 4 is 5.78 Å². The molecule has 1 atom stereocenters. The third kappa shape index (κ3) is 4.63. The first-order chi connectivity index (χ1) is 11.8. The number of ether oxygens (including phenoxy) is 3. The van der Waals surface area contributed by atoms with E-state index in [0.29, 0.717) is 29.4 Å². The zero-order valence-corrected chi connectivity index (χ0v) is 16.3. The van der Waals surface area contributed by atoms with Gasteiger partial charge in [-0.3, -0.25) is 4.79 Å². The molecule has 0 unspecified atom stereocenters. The van der Waals surface area contributed by atoms with Crippen molar-refractivity contribution in [1.82, 2.24) is 0 Å². The van der Waals surface area contributed by atoms with Gasteiger partial charge >= 0.3 is 0 Å². The number of carbonyl (C=O) groups is 1. The Morgan fingerprint density at radius 1 is 1.24 bits per heavy atom. The second-order valence-electron chi connectivity index (χ2n) is 7.52. The van der Waals surface area contributed by atoms with Crippen LogP contribution in [0.2, 0.25) is 0 Å². The average Bonchev–Trinajstić information content (AvgIpc) is 2.94. The van der Waals surface area contributed by atoms with Gasteiger partial charge in [0.2, 0.25) is 0 Å². The van der Waals surface area contributed by atoms with Gasteiger partial charge in [-0.2, -0.15) is 0 Å². The van der Waals surface area contributed by atoms with Gasteiger partial charge in [-0.15, -0.1) is 0 Å². The van der Waals surface area contributed by atoms with Crippen LogP contribution in [0.5, 0.6) is 11.5 Å². The molecule has 0 spiro atoms. The van der Waals surface area contributed by atoms with E-state index in [1.54, 1.807) is 14.2 Å². The van der Waals surface area contributed by atoms with E-state index in [9.17, 15) is 4.79 Å². The molecule has 138 valence electrons. The van der Waals surface area contributed by atoms with E-state index in [1.807, 2.05) is 19.1 Å². The average molecular weight is 346 g/mol. The van der Waals surface area contributed by atoms with Crippen LogP contribution in [-0.2, 0) is 4.74 Å². The minimum atomic E-state index is -0.106. The lowest BCUT2D eigenvalue weighted by Crippen LogP contribution is -2.18. The van der Waals surface area contributed by atoms with E-state index in [2.05, 4.69) is 26.8 Å². The predicted molar refractivity (Wildman–Crippen MR) is 99.4 cm³/mol. The maximum Gasteiger partial charge on any atom is 0.188 e. The van der Waals surface area contributed by atoms with E-state index < -0.39 is 0 Å². The van der Waals surface area contributed by atoms with Crippen LogP contribution in [0.1, 0.15) is 56.0 Å². The quantitative estimate of drug-likeness (QED) is 0.380. The second kappa shape index (κ2) is 8.05. The molecule has 0 saturated carbocycles. The lowest BCUT2D eigenvalue weighted by molar-refractivity contribution is 0.0498. The maximum atomic E-state index is 13.1. The molecule has 1 aliphatic carbocycles. The molecule has 4 heteroatoms. The van der Waals surface area contributed by atoms with Gasteiger partial charge in [-0.25, -0.2) is 0 Å². The summed E-state index contributed by atoms with van der Waals surface area (Å²) >= 11 is 0. The van der Waals surface area contributed by atoms with Crippen molar-refractivity contribution in [1.29, 1.82) is 0 Å². The van der Waals surface area contributed by atoms with E-state index in [0.717, 1.165) is 18.4 Å². The summed E-state index contributed by atoms with van der Waals surface area (Å²) in [6.07, 6.45) is 4.83. The van der Waals surface area contributed by atoms with E-state index in [4.69, 9.17) is 14.2 Å². The van der Waals surface area contributed by atoms with Crippen LogP contribution in [0.25, 0.3) is 0 Å². The highest BCUT2D eigenvalue weighted by atomic mass is 16.7. The standard InChI is InChI=1S/C21H30O4/c1-14(2)16-7-8-21(4,11-16)12-17(22)20-18(24-6)9-15(3)10-19(20)25-13-23-5/h9-11,14H,7-8,12-13H2,1-6H3/t21-/m1/s1. The predicted octanol–water partition coefficient (Wildman–Crippen LogP) is 4.94. The smallest absolute Gasteiger partial charge is 0.188 e. The summed E-state index contributed by atoms with van der Waals surface area (Å²) in [5.74, 6) is 1.67. The largest absolute Gasteiger partial charge is 0.496 e. The summed E-state index contributed by atoms with van der Waals surface area (Å²) in [6, 6.07) is 3.74. The molecule has 2 rings (SSSR count). The van der Waals surface area contributed by atoms with Gasteiger partial charge in [0, 0.05) is 13.5 Å². The van der Waals surface area contributed by atoms with Crippen molar-refractivity contribution in [2.24, 2.45) is 11.3 Å². The Bertz CT molecular complexity index is 660. The molecule has 0 saturated heterocycles. The lowest BCUT2D eigenvalue weighted by atomic mass is 9.82. The molecule has 1 aliphatic rings. The fourth-order valence-electron chi connectivity index (χ4n) is 3.46. The van der Waals surface area contributed by atoms with Crippen molar-refractivity contribution < 1.29 is 19.0 Å². The summed E-state index contributed by atoms with van der Waals surface area (Å²) < 4.78 is 16.1. The Morgan fingerprint density at radius 2 is 1.92 bits per heavy atom. The molecule has 25 heavy (non-hydrogen) atoms. The minimum absolute atomic E-state index is 0.0479. The van der Waals surface area contributed by atoms with Crippen LogP contribution in [0.3, 0.4) is 0 Å². The zero-order valence-electron chi connectivity index (χ0n) is 16.3. The van der Waals surface area contributed by atoms with Gasteiger partial charge in [0.1, 0.15) is 17.1 Å². The molecule has 1 aromatic carbocycles. The highest BCUT2D eigenvalue weighted by Crippen LogP contribution is 2.43. The Hall–Kier alpha value is -1.81. The Balaban J connectivity index is 2.32. The highest BCUT2D eigenvalue weighted by Gasteiger charge is 2.33. The minimum Gasteiger partial charge on any atom is -0.496 e. The summed E-state index contributed by atoms with van der Waals surface area (Å²) in [6.45, 7) is 8.63. The molecule has 1 aromatic rings. The van der Waals surface area contributed by atoms with E-state index in [1.165, 1.54) is 5.57 Å². The highest BCUT2D eigenvalue weighted by molar-refractivity contribution is 6.02. The molecule has 4 nitrogen and oxygen atoms in total. The van der Waals surface area contributed by atoms with Crippen molar-refractivity contribution in [2.45, 2.75) is 47.0 Å². The van der Waals surface area contributed by atoms with Gasteiger partial charge in [-0.05, 0) is 48.8 Å². The van der Waals surface area contributed by atoms with Crippen molar-refractivity contribution in [3.05, 3.63) is 34.9 Å². The summed E-state index contributed by atoms with van der Waals surface area (Å²) in [7, 11) is 3.14. The number of rotatable bonds is 8. The fourth-order valence-corrected chi connectivity index (χ4v) is 3.46. The molecule has 0 heterocycles. The number of Topliss-reactive ketones (excluding diaryl/α,β-unsaturated/α-hetero) is 1. The van der Waals surface area contributed by atoms with Crippen LogP contribution < -0.4 is 9.47 Å². The van der Waals surface area contributed by atoms with Gasteiger partial charge in [0.25, 0.3) is 0 Å². The number of hydrogen-bond donors (Lipinski definition) is 0. The number of aryl methyl sites for hydroxylation is 1. The zero-order chi connectivity index (χ0) is 18.6.